The molecule has 0 amide bonds. The fourth-order valence-corrected chi connectivity index (χ4v) is 10.8. The number of benzene rings is 3. The maximum absolute atomic E-state index is 15.9. The molecule has 0 aliphatic heterocycles. The minimum atomic E-state index is -2.89. The number of rotatable bonds is 12. The molecule has 0 radical (unpaired) electrons. The van der Waals surface area contributed by atoms with Gasteiger partial charge in [0.15, 0.2) is 19.7 Å². The Morgan fingerprint density at radius 1 is 0.930 bits per heavy atom. The lowest BCUT2D eigenvalue weighted by Crippen LogP contribution is -2.68. The Morgan fingerprint density at radius 2 is 1.53 bits per heavy atom. The third kappa shape index (κ3) is 6.96. The summed E-state index contributed by atoms with van der Waals surface area (Å²) in [6, 6.07) is 20.8. The normalized spacial score (nSPS) is 21.8. The molecule has 0 saturated heterocycles. The molecule has 1 N–H and O–H groups in total. The minimum Gasteiger partial charge on any atom is -0.507 e. The van der Waals surface area contributed by atoms with Crippen molar-refractivity contribution in [2.75, 3.05) is 32.1 Å². The molecule has 3 aliphatic carbocycles. The Hall–Kier alpha value is -4.23. The number of aliphatic hydroxyl groups is 1. The van der Waals surface area contributed by atoms with E-state index in [-0.39, 0.29) is 41.0 Å². The number of carbonyl (C=O) groups excluding carboxylic acids is 2. The number of nitrogens with zero attached hydrogens (tertiary/aromatic N) is 3. The monoisotopic (exact) mass is 855 g/mol. The first-order valence-corrected chi connectivity index (χ1v) is 23.6. The average Bonchev–Trinajstić information content (AvgIpc) is 3.59. The molecule has 3 aromatic carbocycles. The number of anilines is 1. The molecule has 0 bridgehead atoms. The molecule has 10 nitrogen and oxygen atoms in total. The number of Topliss-reactive ketones (excluding diaryl/α,β-unsaturated/α-hetero) is 2. The van der Waals surface area contributed by atoms with E-state index in [2.05, 4.69) is 73.7 Å². The summed E-state index contributed by atoms with van der Waals surface area (Å²) in [6.45, 7) is 16.5. The Labute approximate surface area is 345 Å². The fourth-order valence-electron chi connectivity index (χ4n) is 8.70. The summed E-state index contributed by atoms with van der Waals surface area (Å²) in [5.74, 6) is -1.48. The summed E-state index contributed by atoms with van der Waals surface area (Å²) in [5, 5.41) is 16.7. The number of hydrogen-bond acceptors (Lipinski definition) is 10. The van der Waals surface area contributed by atoms with Crippen LogP contribution in [-0.2, 0) is 28.9 Å². The summed E-state index contributed by atoms with van der Waals surface area (Å²) >= 11 is 3.87. The maximum Gasteiger partial charge on any atom is 0.265 e. The van der Waals surface area contributed by atoms with Gasteiger partial charge in [0, 0.05) is 29.1 Å². The lowest BCUT2D eigenvalue weighted by atomic mass is 9.57. The number of ether oxygens (including phenoxy) is 2. The number of hydrogen-bond donors (Lipinski definition) is 1. The zero-order chi connectivity index (χ0) is 41.0. The molecule has 57 heavy (non-hydrogen) atoms. The molecule has 1 aromatic heterocycles. The predicted octanol–water partition coefficient (Wildman–Crippen LogP) is 9.73. The summed E-state index contributed by atoms with van der Waals surface area (Å²) < 4.78 is 26.9. The van der Waals surface area contributed by atoms with Gasteiger partial charge in [-0.15, -0.1) is 0 Å². The summed E-state index contributed by atoms with van der Waals surface area (Å²) in [4.78, 5) is 35.8. The summed E-state index contributed by atoms with van der Waals surface area (Å²) in [7, 11) is 0.947. The molecule has 302 valence electrons. The molecule has 0 spiro atoms. The van der Waals surface area contributed by atoms with Gasteiger partial charge in [-0.25, -0.2) is 0 Å². The average molecular weight is 857 g/mol. The van der Waals surface area contributed by atoms with Crippen molar-refractivity contribution in [2.24, 2.45) is 11.8 Å². The summed E-state index contributed by atoms with van der Waals surface area (Å²) in [5.41, 5.74) is 2.51. The van der Waals surface area contributed by atoms with E-state index in [9.17, 15) is 5.11 Å². The lowest BCUT2D eigenvalue weighted by molar-refractivity contribution is -0.140. The predicted molar refractivity (Wildman–Crippen MR) is 227 cm³/mol. The van der Waals surface area contributed by atoms with E-state index in [1.165, 1.54) is 0 Å². The van der Waals surface area contributed by atoms with Gasteiger partial charge in [0.1, 0.15) is 30.3 Å². The molecule has 7 rings (SSSR count). The molecule has 0 unspecified atom stereocenters. The van der Waals surface area contributed by atoms with Crippen LogP contribution in [0.25, 0.3) is 5.76 Å². The first-order valence-electron chi connectivity index (χ1n) is 19.9. The molecule has 3 aliphatic rings. The van der Waals surface area contributed by atoms with Crippen LogP contribution >= 0.6 is 15.9 Å². The van der Waals surface area contributed by atoms with Crippen LogP contribution in [0.3, 0.4) is 0 Å². The standard InChI is InChI=1S/C45H54BrN3O7Si/c1-10-49(11-2)37-30-22-29-23-31-38(48(6)7)40-36(43(47-55-40)54-26-28-20-16-13-17-21-28)42(52)45(31,56-57(8,9)44(3,4)5)41(51)34(29)39(50)35(30)33(24-32(37)46)53-25-27-18-14-12-15-19-27/h12-21,24,29,31,38,50H,10-11,22-23,25-26H2,1-9H3/t29-,31-,38-,45-/m0/s1. The number of aliphatic hydroxyl groups excluding tert-OH is 1. The van der Waals surface area contributed by atoms with Crippen LogP contribution < -0.4 is 14.4 Å². The third-order valence-corrected chi connectivity index (χ3v) is 17.6. The van der Waals surface area contributed by atoms with Crippen molar-refractivity contribution in [2.45, 2.75) is 90.4 Å². The van der Waals surface area contributed by atoms with Crippen molar-refractivity contribution in [1.82, 2.24) is 10.1 Å². The number of fused-ring (bicyclic) bond motifs is 4. The Morgan fingerprint density at radius 3 is 2.09 bits per heavy atom. The van der Waals surface area contributed by atoms with Crippen molar-refractivity contribution >= 4 is 47.3 Å². The second-order valence-corrected chi connectivity index (χ2v) is 22.8. The highest BCUT2D eigenvalue weighted by Crippen LogP contribution is 2.60. The van der Waals surface area contributed by atoms with Gasteiger partial charge in [-0.2, -0.15) is 0 Å². The summed E-state index contributed by atoms with van der Waals surface area (Å²) in [6.07, 6.45) is 0.821. The lowest BCUT2D eigenvalue weighted by Gasteiger charge is -2.55. The number of aromatic nitrogens is 1. The van der Waals surface area contributed by atoms with Crippen LogP contribution in [0.5, 0.6) is 11.6 Å². The molecule has 4 aromatic rings. The van der Waals surface area contributed by atoms with E-state index in [1.807, 2.05) is 85.7 Å². The van der Waals surface area contributed by atoms with E-state index in [1.54, 1.807) is 0 Å². The second kappa shape index (κ2) is 15.5. The Balaban J connectivity index is 1.44. The smallest absolute Gasteiger partial charge is 0.265 e. The third-order valence-electron chi connectivity index (χ3n) is 12.5. The van der Waals surface area contributed by atoms with Crippen LogP contribution in [0.2, 0.25) is 18.1 Å². The SMILES string of the molecule is CCN(CC)c1c(Br)cc(OCc2ccccc2)c2c1C[C@H]1C[C@H]3[C@H](N(C)C)c4onc(OCc5ccccc5)c4C(=O)[C@@]3(O[Si](C)(C)C(C)(C)C)C(=O)C1=C2O. The Bertz CT molecular complexity index is 2190. The number of carbonyl (C=O) groups is 2. The van der Waals surface area contributed by atoms with Crippen LogP contribution in [0, 0.1) is 11.8 Å². The van der Waals surface area contributed by atoms with Crippen molar-refractivity contribution in [3.8, 4) is 11.6 Å². The van der Waals surface area contributed by atoms with Gasteiger partial charge in [-0.3, -0.25) is 14.5 Å². The fraction of sp³-hybridized carbons (Fsp3) is 0.444. The quantitative estimate of drug-likeness (QED) is 0.109. The van der Waals surface area contributed by atoms with Gasteiger partial charge >= 0.3 is 0 Å². The van der Waals surface area contributed by atoms with Crippen LogP contribution in [0.15, 0.2) is 81.3 Å². The highest BCUT2D eigenvalue weighted by molar-refractivity contribution is 9.10. The van der Waals surface area contributed by atoms with Crippen LogP contribution in [-0.4, -0.2) is 67.8 Å². The van der Waals surface area contributed by atoms with E-state index in [0.717, 1.165) is 39.9 Å². The van der Waals surface area contributed by atoms with E-state index in [4.69, 9.17) is 18.4 Å². The largest absolute Gasteiger partial charge is 0.507 e. The maximum atomic E-state index is 15.9. The van der Waals surface area contributed by atoms with Gasteiger partial charge in [0.2, 0.25) is 11.6 Å². The highest BCUT2D eigenvalue weighted by Gasteiger charge is 2.69. The van der Waals surface area contributed by atoms with Gasteiger partial charge in [0.05, 0.1) is 17.3 Å². The molecule has 4 atom stereocenters. The van der Waals surface area contributed by atoms with Gasteiger partial charge < -0.3 is 28.4 Å². The molecule has 1 heterocycles. The van der Waals surface area contributed by atoms with Gasteiger partial charge in [-0.1, -0.05) is 81.4 Å². The number of halogens is 1. The van der Waals surface area contributed by atoms with E-state index >= 15 is 9.59 Å². The highest BCUT2D eigenvalue weighted by atomic mass is 79.9. The minimum absolute atomic E-state index is 0.0230. The second-order valence-electron chi connectivity index (χ2n) is 17.2. The first kappa shape index (κ1) is 40.9. The van der Waals surface area contributed by atoms with Gasteiger partial charge in [-0.05, 0) is 109 Å². The van der Waals surface area contributed by atoms with Crippen molar-refractivity contribution in [1.29, 1.82) is 0 Å². The molecular weight excluding hydrogens is 802 g/mol. The molecule has 1 fully saturated rings. The van der Waals surface area contributed by atoms with Crippen LogP contribution in [0.1, 0.15) is 85.5 Å². The zero-order valence-electron chi connectivity index (χ0n) is 34.4. The Kier molecular flexibility index (Phi) is 11.1. The van der Waals surface area contributed by atoms with Crippen LogP contribution in [0.4, 0.5) is 5.69 Å². The van der Waals surface area contributed by atoms with Gasteiger partial charge in [0.25, 0.3) is 5.88 Å². The number of ketones is 2. The first-order chi connectivity index (χ1) is 27.0. The molecular formula is C45H54BrN3O7Si. The van der Waals surface area contributed by atoms with Crippen molar-refractivity contribution in [3.63, 3.8) is 0 Å². The molecule has 12 heteroatoms. The van der Waals surface area contributed by atoms with E-state index < -0.39 is 43.4 Å². The topological polar surface area (TPSA) is 115 Å². The van der Waals surface area contributed by atoms with E-state index in [0.29, 0.717) is 29.9 Å². The zero-order valence-corrected chi connectivity index (χ0v) is 37.0. The van der Waals surface area contributed by atoms with Crippen molar-refractivity contribution < 1.29 is 33.1 Å². The molecule has 1 saturated carbocycles. The van der Waals surface area contributed by atoms with Crippen molar-refractivity contribution in [3.05, 3.63) is 110 Å².